The molecule has 5 rings (SSSR count). The number of fused-ring (bicyclic) bond motifs is 2. The molecule has 2 aliphatic heterocycles. The average Bonchev–Trinajstić information content (AvgIpc) is 3.08. The second-order valence-electron chi connectivity index (χ2n) is 7.86. The first-order valence-corrected chi connectivity index (χ1v) is 10.8. The third kappa shape index (κ3) is 3.88. The number of hydrogen-bond acceptors (Lipinski definition) is 4. The molecule has 0 unspecified atom stereocenters. The van der Waals surface area contributed by atoms with Crippen molar-refractivity contribution in [2.24, 2.45) is 0 Å². The Kier molecular flexibility index (Phi) is 5.41. The lowest BCUT2D eigenvalue weighted by atomic mass is 10.00. The fraction of sp³-hybridized carbons (Fsp3) is 0.160. The molecule has 162 valence electrons. The normalized spacial score (nSPS) is 16.5. The Labute approximate surface area is 194 Å². The number of carbonyl (C=O) groups excluding carboxylic acids is 1. The summed E-state index contributed by atoms with van der Waals surface area (Å²) in [5.74, 6) is 0.989. The molecule has 0 atom stereocenters. The van der Waals surface area contributed by atoms with Gasteiger partial charge in [-0.1, -0.05) is 41.4 Å². The van der Waals surface area contributed by atoms with Gasteiger partial charge in [0.15, 0.2) is 5.76 Å². The van der Waals surface area contributed by atoms with E-state index in [9.17, 15) is 9.18 Å². The molecule has 0 saturated carbocycles. The van der Waals surface area contributed by atoms with E-state index in [2.05, 4.69) is 4.90 Å². The Bertz CT molecular complexity index is 1270. The number of hydrogen-bond donors (Lipinski definition) is 0. The van der Waals surface area contributed by atoms with Crippen molar-refractivity contribution in [3.05, 3.63) is 98.0 Å². The number of nitrogens with zero attached hydrogens (tertiary/aromatic N) is 1. The molecule has 0 radical (unpaired) electrons. The molecule has 3 aromatic carbocycles. The van der Waals surface area contributed by atoms with Crippen molar-refractivity contribution in [3.63, 3.8) is 0 Å². The van der Waals surface area contributed by atoms with E-state index in [0.29, 0.717) is 46.7 Å². The van der Waals surface area contributed by atoms with Gasteiger partial charge in [-0.25, -0.2) is 4.39 Å². The van der Waals surface area contributed by atoms with Crippen LogP contribution >= 0.6 is 23.2 Å². The first kappa shape index (κ1) is 21.0. The molecule has 4 nitrogen and oxygen atoms in total. The molecule has 32 heavy (non-hydrogen) atoms. The van der Waals surface area contributed by atoms with Crippen molar-refractivity contribution in [1.82, 2.24) is 4.90 Å². The van der Waals surface area contributed by atoms with Gasteiger partial charge in [-0.2, -0.15) is 0 Å². The highest BCUT2D eigenvalue weighted by molar-refractivity contribution is 6.35. The largest absolute Gasteiger partial charge is 0.477 e. The predicted molar refractivity (Wildman–Crippen MR) is 122 cm³/mol. The van der Waals surface area contributed by atoms with Gasteiger partial charge < -0.3 is 9.47 Å². The minimum absolute atomic E-state index is 0.201. The van der Waals surface area contributed by atoms with Gasteiger partial charge in [-0.15, -0.1) is 0 Å². The van der Waals surface area contributed by atoms with Crippen molar-refractivity contribution in [1.29, 1.82) is 0 Å². The van der Waals surface area contributed by atoms with Gasteiger partial charge in [0, 0.05) is 34.3 Å². The van der Waals surface area contributed by atoms with Crippen molar-refractivity contribution in [3.8, 4) is 11.5 Å². The van der Waals surface area contributed by atoms with Crippen LogP contribution in [0.15, 0.2) is 54.3 Å². The first-order chi connectivity index (χ1) is 15.4. The Morgan fingerprint density at radius 2 is 1.88 bits per heavy atom. The highest BCUT2D eigenvalue weighted by atomic mass is 35.5. The van der Waals surface area contributed by atoms with E-state index in [1.165, 1.54) is 12.1 Å². The minimum Gasteiger partial charge on any atom is -0.477 e. The molecule has 0 saturated heterocycles. The summed E-state index contributed by atoms with van der Waals surface area (Å²) >= 11 is 12.2. The Morgan fingerprint density at radius 1 is 1.09 bits per heavy atom. The van der Waals surface area contributed by atoms with E-state index >= 15 is 0 Å². The number of benzene rings is 3. The number of Topliss-reactive ketones (excluding diaryl/α,β-unsaturated/α-hetero) is 1. The van der Waals surface area contributed by atoms with Crippen molar-refractivity contribution in [2.45, 2.75) is 20.0 Å². The van der Waals surface area contributed by atoms with Gasteiger partial charge in [0.25, 0.3) is 0 Å². The Morgan fingerprint density at radius 3 is 2.62 bits per heavy atom. The Balaban J connectivity index is 1.42. The summed E-state index contributed by atoms with van der Waals surface area (Å²) in [5, 5.41) is 0.957. The fourth-order valence-electron chi connectivity index (χ4n) is 4.01. The van der Waals surface area contributed by atoms with Crippen LogP contribution in [0.3, 0.4) is 0 Å². The van der Waals surface area contributed by atoms with Gasteiger partial charge in [-0.3, -0.25) is 9.69 Å². The summed E-state index contributed by atoms with van der Waals surface area (Å²) < 4.78 is 25.1. The van der Waals surface area contributed by atoms with Crippen LogP contribution in [0.25, 0.3) is 6.08 Å². The van der Waals surface area contributed by atoms with Crippen LogP contribution in [0.4, 0.5) is 4.39 Å². The highest BCUT2D eigenvalue weighted by Crippen LogP contribution is 2.43. The zero-order chi connectivity index (χ0) is 22.4. The summed E-state index contributed by atoms with van der Waals surface area (Å²) in [5.41, 5.74) is 3.84. The van der Waals surface area contributed by atoms with Crippen molar-refractivity contribution < 1.29 is 18.7 Å². The maximum atomic E-state index is 13.2. The van der Waals surface area contributed by atoms with E-state index in [4.69, 9.17) is 32.7 Å². The van der Waals surface area contributed by atoms with Crippen LogP contribution in [0, 0.1) is 12.7 Å². The van der Waals surface area contributed by atoms with E-state index in [1.807, 2.05) is 13.0 Å². The zero-order valence-electron chi connectivity index (χ0n) is 17.1. The lowest BCUT2D eigenvalue weighted by Crippen LogP contribution is -2.32. The van der Waals surface area contributed by atoms with E-state index in [-0.39, 0.29) is 17.4 Å². The third-order valence-corrected chi connectivity index (χ3v) is 6.13. The number of ketones is 1. The number of rotatable bonds is 3. The van der Waals surface area contributed by atoms with Gasteiger partial charge in [0.2, 0.25) is 5.78 Å². The topological polar surface area (TPSA) is 38.8 Å². The van der Waals surface area contributed by atoms with Crippen LogP contribution in [-0.4, -0.2) is 17.4 Å². The molecule has 0 spiro atoms. The van der Waals surface area contributed by atoms with Crippen molar-refractivity contribution in [2.75, 3.05) is 6.73 Å². The lowest BCUT2D eigenvalue weighted by Gasteiger charge is -2.30. The quantitative estimate of drug-likeness (QED) is 0.415. The second-order valence-corrected chi connectivity index (χ2v) is 8.70. The van der Waals surface area contributed by atoms with Crippen LogP contribution in [0.2, 0.25) is 10.0 Å². The average molecular weight is 470 g/mol. The lowest BCUT2D eigenvalue weighted by molar-refractivity contribution is 0.0876. The number of ether oxygens (including phenoxy) is 2. The smallest absolute Gasteiger partial charge is 0.231 e. The molecule has 2 aliphatic rings. The minimum atomic E-state index is -0.262. The van der Waals surface area contributed by atoms with Gasteiger partial charge in [-0.05, 0) is 54.5 Å². The SMILES string of the molecule is Cc1c2c(cc3c1O/C(=C\c1ccc(Cl)cc1Cl)C3=O)CN(Cc1ccc(F)cc1)CO2. The molecule has 3 aromatic rings. The van der Waals surface area contributed by atoms with Crippen LogP contribution in [0.1, 0.15) is 32.6 Å². The van der Waals surface area contributed by atoms with Gasteiger partial charge in [0.05, 0.1) is 5.56 Å². The van der Waals surface area contributed by atoms with E-state index in [1.54, 1.807) is 36.4 Å². The zero-order valence-corrected chi connectivity index (χ0v) is 18.6. The molecule has 0 N–H and O–H groups in total. The molecule has 7 heteroatoms. The third-order valence-electron chi connectivity index (χ3n) is 5.57. The molecule has 0 amide bonds. The summed E-state index contributed by atoms with van der Waals surface area (Å²) in [7, 11) is 0. The van der Waals surface area contributed by atoms with Crippen molar-refractivity contribution >= 4 is 35.1 Å². The van der Waals surface area contributed by atoms with Gasteiger partial charge >= 0.3 is 0 Å². The molecule has 2 heterocycles. The molecular weight excluding hydrogens is 452 g/mol. The number of allylic oxidation sites excluding steroid dienone is 1. The summed E-state index contributed by atoms with van der Waals surface area (Å²) in [6, 6.07) is 13.3. The highest BCUT2D eigenvalue weighted by Gasteiger charge is 2.33. The standard InChI is InChI=1S/C25H18Cl2FNO3/c1-14-24-17(12-29(13-31-24)11-15-2-6-19(28)7-3-15)8-20-23(30)22(32-25(14)20)9-16-4-5-18(26)10-21(16)27/h2-10H,11-13H2,1H3/b22-9-. The number of carbonyl (C=O) groups is 1. The van der Waals surface area contributed by atoms with E-state index < -0.39 is 0 Å². The second kappa shape index (κ2) is 8.24. The predicted octanol–water partition coefficient (Wildman–Crippen LogP) is 6.41. The maximum Gasteiger partial charge on any atom is 0.231 e. The first-order valence-electron chi connectivity index (χ1n) is 10.0. The number of halogens is 3. The molecule has 0 fully saturated rings. The van der Waals surface area contributed by atoms with Crippen LogP contribution < -0.4 is 9.47 Å². The molecule has 0 aromatic heterocycles. The van der Waals surface area contributed by atoms with E-state index in [0.717, 1.165) is 22.4 Å². The van der Waals surface area contributed by atoms with Gasteiger partial charge in [0.1, 0.15) is 24.0 Å². The summed E-state index contributed by atoms with van der Waals surface area (Å²) in [6.07, 6.45) is 1.63. The molecule has 0 bridgehead atoms. The monoisotopic (exact) mass is 469 g/mol. The maximum absolute atomic E-state index is 13.2. The Hall–Kier alpha value is -2.86. The summed E-state index contributed by atoms with van der Waals surface area (Å²) in [4.78, 5) is 15.2. The molecule has 0 aliphatic carbocycles. The van der Waals surface area contributed by atoms with Crippen LogP contribution in [-0.2, 0) is 13.1 Å². The summed E-state index contributed by atoms with van der Waals surface area (Å²) in [6.45, 7) is 3.50. The van der Waals surface area contributed by atoms with Crippen LogP contribution in [0.5, 0.6) is 11.5 Å². The molecular formula is C25H18Cl2FNO3. The fourth-order valence-corrected chi connectivity index (χ4v) is 4.47.